The van der Waals surface area contributed by atoms with Crippen LogP contribution < -0.4 is 5.32 Å². The Morgan fingerprint density at radius 2 is 2.17 bits per heavy atom. The summed E-state index contributed by atoms with van der Waals surface area (Å²) in [5, 5.41) is 7.05. The maximum absolute atomic E-state index is 11.7. The number of benzene rings is 1. The maximum atomic E-state index is 11.7. The van der Waals surface area contributed by atoms with Gasteiger partial charge in [0, 0.05) is 17.4 Å². The number of thiophene rings is 1. The van der Waals surface area contributed by atoms with Gasteiger partial charge in [0.1, 0.15) is 0 Å². The van der Waals surface area contributed by atoms with Crippen LogP contribution in [0.4, 0.5) is 0 Å². The number of nitrogens with one attached hydrogen (secondary N) is 1. The molecule has 0 spiro atoms. The Kier molecular flexibility index (Phi) is 4.96. The van der Waals surface area contributed by atoms with Crippen molar-refractivity contribution in [1.82, 2.24) is 5.32 Å². The fraction of sp³-hybridized carbons (Fsp3) is 0.214. The Labute approximate surface area is 119 Å². The average Bonchev–Trinajstić information content (AvgIpc) is 2.87. The summed E-state index contributed by atoms with van der Waals surface area (Å²) in [7, 11) is 0. The summed E-state index contributed by atoms with van der Waals surface area (Å²) in [5.41, 5.74) is 2.34. The van der Waals surface area contributed by atoms with Crippen LogP contribution >= 0.6 is 27.3 Å². The number of halogens is 1. The number of carbonyl (C=O) groups excluding carboxylic acids is 1. The first kappa shape index (κ1) is 13.3. The van der Waals surface area contributed by atoms with Crippen LogP contribution in [0.2, 0.25) is 0 Å². The first-order valence-corrected chi connectivity index (χ1v) is 7.50. The fourth-order valence-corrected chi connectivity index (χ4v) is 2.78. The highest BCUT2D eigenvalue weighted by Gasteiger charge is 2.02. The number of hydrogen-bond donors (Lipinski definition) is 1. The van der Waals surface area contributed by atoms with E-state index < -0.39 is 0 Å². The zero-order chi connectivity index (χ0) is 12.8. The highest BCUT2D eigenvalue weighted by atomic mass is 79.9. The molecule has 0 saturated heterocycles. The molecule has 1 N–H and O–H groups in total. The van der Waals surface area contributed by atoms with E-state index in [1.54, 1.807) is 11.3 Å². The molecule has 1 aromatic heterocycles. The van der Waals surface area contributed by atoms with Crippen molar-refractivity contribution >= 4 is 33.2 Å². The molecule has 1 heterocycles. The van der Waals surface area contributed by atoms with Crippen molar-refractivity contribution in [2.24, 2.45) is 0 Å². The van der Waals surface area contributed by atoms with Crippen molar-refractivity contribution in [1.29, 1.82) is 0 Å². The van der Waals surface area contributed by atoms with Crippen LogP contribution in [0.25, 0.3) is 0 Å². The lowest BCUT2D eigenvalue weighted by atomic mass is 10.2. The second-order valence-electron chi connectivity index (χ2n) is 4.04. The van der Waals surface area contributed by atoms with E-state index in [0.717, 1.165) is 16.5 Å². The summed E-state index contributed by atoms with van der Waals surface area (Å²) in [6.45, 7) is 0.585. The molecule has 4 heteroatoms. The Hall–Kier alpha value is -1.13. The predicted octanol–water partition coefficient (Wildman–Crippen LogP) is 3.76. The third-order valence-corrected chi connectivity index (χ3v) is 3.82. The molecule has 0 bridgehead atoms. The van der Waals surface area contributed by atoms with Crippen molar-refractivity contribution in [2.45, 2.75) is 19.4 Å². The lowest BCUT2D eigenvalue weighted by Crippen LogP contribution is -2.22. The zero-order valence-electron chi connectivity index (χ0n) is 9.86. The Bertz CT molecular complexity index is 510. The minimum Gasteiger partial charge on any atom is -0.352 e. The van der Waals surface area contributed by atoms with Gasteiger partial charge in [0.05, 0.1) is 0 Å². The molecule has 0 saturated carbocycles. The van der Waals surface area contributed by atoms with Gasteiger partial charge in [-0.3, -0.25) is 4.79 Å². The minimum absolute atomic E-state index is 0.0983. The van der Waals surface area contributed by atoms with Crippen LogP contribution in [-0.2, 0) is 17.8 Å². The summed E-state index contributed by atoms with van der Waals surface area (Å²) >= 11 is 5.08. The van der Waals surface area contributed by atoms with Gasteiger partial charge in [-0.1, -0.05) is 28.1 Å². The first-order valence-electron chi connectivity index (χ1n) is 5.76. The molecule has 0 radical (unpaired) electrons. The largest absolute Gasteiger partial charge is 0.352 e. The first-order chi connectivity index (χ1) is 8.74. The molecule has 0 unspecified atom stereocenters. The summed E-state index contributed by atoms with van der Waals surface area (Å²) in [6.07, 6.45) is 1.36. The molecule has 2 aromatic rings. The van der Waals surface area contributed by atoms with Crippen molar-refractivity contribution in [3.05, 3.63) is 56.7 Å². The Morgan fingerprint density at radius 3 is 2.89 bits per heavy atom. The highest BCUT2D eigenvalue weighted by molar-refractivity contribution is 9.10. The Balaban J connectivity index is 1.75. The van der Waals surface area contributed by atoms with Crippen LogP contribution in [0.3, 0.4) is 0 Å². The molecular formula is C14H14BrNOS. The molecule has 2 nitrogen and oxygen atoms in total. The summed E-state index contributed by atoms with van der Waals surface area (Å²) in [6, 6.07) is 10.0. The molecule has 1 aromatic carbocycles. The van der Waals surface area contributed by atoms with E-state index in [2.05, 4.69) is 32.7 Å². The number of rotatable bonds is 5. The van der Waals surface area contributed by atoms with Gasteiger partial charge in [-0.05, 0) is 46.5 Å². The van der Waals surface area contributed by atoms with Crippen LogP contribution in [0, 0.1) is 0 Å². The SMILES string of the molecule is O=C(CCc1ccsc1)NCc1cccc(Br)c1. The van der Waals surface area contributed by atoms with Gasteiger partial charge in [0.15, 0.2) is 0 Å². The third-order valence-electron chi connectivity index (χ3n) is 2.60. The van der Waals surface area contributed by atoms with Gasteiger partial charge >= 0.3 is 0 Å². The second kappa shape index (κ2) is 6.71. The molecule has 2 rings (SSSR count). The topological polar surface area (TPSA) is 29.1 Å². The van der Waals surface area contributed by atoms with Crippen molar-refractivity contribution in [2.75, 3.05) is 0 Å². The molecular weight excluding hydrogens is 310 g/mol. The Morgan fingerprint density at radius 1 is 1.28 bits per heavy atom. The average molecular weight is 324 g/mol. The van der Waals surface area contributed by atoms with Gasteiger partial charge in [0.25, 0.3) is 0 Å². The molecule has 0 atom stereocenters. The second-order valence-corrected chi connectivity index (χ2v) is 5.73. The van der Waals surface area contributed by atoms with Gasteiger partial charge < -0.3 is 5.32 Å². The molecule has 94 valence electrons. The lowest BCUT2D eigenvalue weighted by molar-refractivity contribution is -0.121. The van der Waals surface area contributed by atoms with Crippen LogP contribution in [0.5, 0.6) is 0 Å². The zero-order valence-corrected chi connectivity index (χ0v) is 12.3. The summed E-state index contributed by atoms with van der Waals surface area (Å²) in [4.78, 5) is 11.7. The molecule has 0 aliphatic carbocycles. The lowest BCUT2D eigenvalue weighted by Gasteiger charge is -2.05. The van der Waals surface area contributed by atoms with E-state index in [4.69, 9.17) is 0 Å². The maximum Gasteiger partial charge on any atom is 0.220 e. The van der Waals surface area contributed by atoms with Crippen LogP contribution in [0.15, 0.2) is 45.6 Å². The standard InChI is InChI=1S/C14H14BrNOS/c15-13-3-1-2-12(8-13)9-16-14(17)5-4-11-6-7-18-10-11/h1-3,6-8,10H,4-5,9H2,(H,16,17). The number of amides is 1. The van der Waals surface area contributed by atoms with Crippen molar-refractivity contribution < 1.29 is 4.79 Å². The minimum atomic E-state index is 0.0983. The summed E-state index contributed by atoms with van der Waals surface area (Å²) < 4.78 is 1.03. The van der Waals surface area contributed by atoms with Gasteiger partial charge in [-0.2, -0.15) is 11.3 Å². The number of aryl methyl sites for hydroxylation is 1. The predicted molar refractivity (Wildman–Crippen MR) is 78.6 cm³/mol. The van der Waals surface area contributed by atoms with Gasteiger partial charge in [0.2, 0.25) is 5.91 Å². The molecule has 0 aliphatic heterocycles. The monoisotopic (exact) mass is 323 g/mol. The number of hydrogen-bond acceptors (Lipinski definition) is 2. The van der Waals surface area contributed by atoms with E-state index in [9.17, 15) is 4.79 Å². The third kappa shape index (κ3) is 4.27. The van der Waals surface area contributed by atoms with E-state index in [1.165, 1.54) is 5.56 Å². The van der Waals surface area contributed by atoms with Gasteiger partial charge in [-0.15, -0.1) is 0 Å². The van der Waals surface area contributed by atoms with E-state index in [0.29, 0.717) is 13.0 Å². The van der Waals surface area contributed by atoms with Crippen LogP contribution in [0.1, 0.15) is 17.5 Å². The molecule has 1 amide bonds. The number of carbonyl (C=O) groups is 1. The van der Waals surface area contributed by atoms with E-state index >= 15 is 0 Å². The quantitative estimate of drug-likeness (QED) is 0.891. The fourth-order valence-electron chi connectivity index (χ4n) is 1.63. The summed E-state index contributed by atoms with van der Waals surface area (Å²) in [5.74, 6) is 0.0983. The van der Waals surface area contributed by atoms with Crippen LogP contribution in [-0.4, -0.2) is 5.91 Å². The molecule has 0 aliphatic rings. The smallest absolute Gasteiger partial charge is 0.220 e. The van der Waals surface area contributed by atoms with Gasteiger partial charge in [-0.25, -0.2) is 0 Å². The van der Waals surface area contributed by atoms with E-state index in [-0.39, 0.29) is 5.91 Å². The molecule has 18 heavy (non-hydrogen) atoms. The van der Waals surface area contributed by atoms with Crippen molar-refractivity contribution in [3.8, 4) is 0 Å². The van der Waals surface area contributed by atoms with E-state index in [1.807, 2.05) is 29.6 Å². The molecule has 0 fully saturated rings. The highest BCUT2D eigenvalue weighted by Crippen LogP contribution is 2.11. The normalized spacial score (nSPS) is 10.3. The van der Waals surface area contributed by atoms with Crippen molar-refractivity contribution in [3.63, 3.8) is 0 Å².